The summed E-state index contributed by atoms with van der Waals surface area (Å²) in [4.78, 5) is 25.8. The van der Waals surface area contributed by atoms with Crippen molar-refractivity contribution in [2.24, 2.45) is 0 Å². The van der Waals surface area contributed by atoms with E-state index < -0.39 is 12.5 Å². The standard InChI is InChI=1S/C20H17F2N5O3S2/c1-10-15(16-23-6-7-27(16)19(21)22)32-20(24-10)26-17(28)12-9-31-18(25-12)11-4-5-13(29-2)14(8-11)30-3/h4-9,19H,1-3H3,(H,24,26,28). The second-order valence-electron chi connectivity index (χ2n) is 6.43. The number of hydrogen-bond donors (Lipinski definition) is 1. The van der Waals surface area contributed by atoms with Crippen molar-refractivity contribution >= 4 is 33.7 Å². The normalized spacial score (nSPS) is 11.1. The van der Waals surface area contributed by atoms with Gasteiger partial charge in [0, 0.05) is 23.3 Å². The van der Waals surface area contributed by atoms with Gasteiger partial charge in [-0.2, -0.15) is 8.78 Å². The molecule has 3 heterocycles. The van der Waals surface area contributed by atoms with Crippen molar-refractivity contribution in [3.63, 3.8) is 0 Å². The number of carbonyl (C=O) groups is 1. The highest BCUT2D eigenvalue weighted by Crippen LogP contribution is 2.35. The number of halogens is 2. The molecule has 0 spiro atoms. The van der Waals surface area contributed by atoms with Crippen molar-refractivity contribution < 1.29 is 23.0 Å². The van der Waals surface area contributed by atoms with Crippen LogP contribution in [0.3, 0.4) is 0 Å². The summed E-state index contributed by atoms with van der Waals surface area (Å²) in [5.41, 5.74) is 1.48. The number of amides is 1. The molecular formula is C20H17F2N5O3S2. The number of imidazole rings is 1. The third-order valence-corrected chi connectivity index (χ3v) is 6.43. The first-order valence-electron chi connectivity index (χ1n) is 9.19. The Kier molecular flexibility index (Phi) is 6.15. The van der Waals surface area contributed by atoms with Crippen LogP contribution in [0.15, 0.2) is 36.0 Å². The number of carbonyl (C=O) groups excluding carboxylic acids is 1. The van der Waals surface area contributed by atoms with Gasteiger partial charge >= 0.3 is 6.55 Å². The van der Waals surface area contributed by atoms with Gasteiger partial charge < -0.3 is 9.47 Å². The van der Waals surface area contributed by atoms with E-state index >= 15 is 0 Å². The van der Waals surface area contributed by atoms with Crippen LogP contribution in [-0.4, -0.2) is 39.6 Å². The first-order chi connectivity index (χ1) is 15.4. The Morgan fingerprint density at radius 3 is 2.69 bits per heavy atom. The number of thiazole rings is 2. The van der Waals surface area contributed by atoms with E-state index in [0.717, 1.165) is 21.5 Å². The fraction of sp³-hybridized carbons (Fsp3) is 0.200. The molecule has 32 heavy (non-hydrogen) atoms. The molecule has 166 valence electrons. The predicted molar refractivity (Wildman–Crippen MR) is 118 cm³/mol. The first-order valence-corrected chi connectivity index (χ1v) is 10.9. The van der Waals surface area contributed by atoms with Crippen LogP contribution >= 0.6 is 22.7 Å². The maximum Gasteiger partial charge on any atom is 0.320 e. The van der Waals surface area contributed by atoms with Gasteiger partial charge in [-0.25, -0.2) is 15.0 Å². The Bertz CT molecular complexity index is 1270. The van der Waals surface area contributed by atoms with Crippen LogP contribution in [0.4, 0.5) is 13.9 Å². The van der Waals surface area contributed by atoms with Crippen LogP contribution in [0.2, 0.25) is 0 Å². The second-order valence-corrected chi connectivity index (χ2v) is 8.29. The number of aromatic nitrogens is 4. The van der Waals surface area contributed by atoms with Crippen molar-refractivity contribution in [2.45, 2.75) is 13.5 Å². The molecule has 0 saturated carbocycles. The van der Waals surface area contributed by atoms with Gasteiger partial charge in [-0.3, -0.25) is 14.7 Å². The highest BCUT2D eigenvalue weighted by atomic mass is 32.1. The number of nitrogens with zero attached hydrogens (tertiary/aromatic N) is 4. The zero-order valence-corrected chi connectivity index (χ0v) is 18.8. The molecule has 4 aromatic rings. The molecule has 0 radical (unpaired) electrons. The largest absolute Gasteiger partial charge is 0.493 e. The SMILES string of the molecule is COc1ccc(-c2nc(C(=O)Nc3nc(C)c(-c4nccn4C(F)F)s3)cs2)cc1OC. The number of nitrogens with one attached hydrogen (secondary N) is 1. The van der Waals surface area contributed by atoms with E-state index in [9.17, 15) is 13.6 Å². The molecule has 1 amide bonds. The Labute approximate surface area is 189 Å². The lowest BCUT2D eigenvalue weighted by atomic mass is 10.2. The zero-order valence-electron chi connectivity index (χ0n) is 17.1. The molecule has 1 aromatic carbocycles. The average molecular weight is 478 g/mol. The molecule has 8 nitrogen and oxygen atoms in total. The predicted octanol–water partition coefficient (Wildman–Crippen LogP) is 5.10. The zero-order chi connectivity index (χ0) is 22.8. The van der Waals surface area contributed by atoms with Crippen LogP contribution in [0, 0.1) is 6.92 Å². The van der Waals surface area contributed by atoms with Gasteiger partial charge in [-0.15, -0.1) is 11.3 Å². The molecule has 0 bridgehead atoms. The van der Waals surface area contributed by atoms with Crippen LogP contribution in [0.1, 0.15) is 22.7 Å². The van der Waals surface area contributed by atoms with Crippen molar-refractivity contribution in [1.82, 2.24) is 19.5 Å². The van der Waals surface area contributed by atoms with Crippen LogP contribution in [0.5, 0.6) is 11.5 Å². The molecular weight excluding hydrogens is 460 g/mol. The number of methoxy groups -OCH3 is 2. The van der Waals surface area contributed by atoms with Crippen molar-refractivity contribution in [3.05, 3.63) is 47.4 Å². The maximum atomic E-state index is 13.2. The van der Waals surface area contributed by atoms with Gasteiger partial charge in [0.1, 0.15) is 10.7 Å². The second kappa shape index (κ2) is 9.01. The fourth-order valence-corrected chi connectivity index (χ4v) is 4.70. The maximum absolute atomic E-state index is 13.2. The highest BCUT2D eigenvalue weighted by molar-refractivity contribution is 7.19. The molecule has 0 atom stereocenters. The van der Waals surface area contributed by atoms with E-state index in [-0.39, 0.29) is 16.6 Å². The van der Waals surface area contributed by atoms with Crippen molar-refractivity contribution in [3.8, 4) is 32.8 Å². The van der Waals surface area contributed by atoms with Crippen molar-refractivity contribution in [2.75, 3.05) is 19.5 Å². The smallest absolute Gasteiger partial charge is 0.320 e. The van der Waals surface area contributed by atoms with E-state index in [2.05, 4.69) is 20.3 Å². The average Bonchev–Trinajstić information content (AvgIpc) is 3.52. The Morgan fingerprint density at radius 2 is 1.97 bits per heavy atom. The molecule has 12 heteroatoms. The van der Waals surface area contributed by atoms with Crippen LogP contribution in [-0.2, 0) is 0 Å². The third-order valence-electron chi connectivity index (χ3n) is 4.47. The Hall–Kier alpha value is -3.38. The van der Waals surface area contributed by atoms with Gasteiger partial charge in [0.15, 0.2) is 22.5 Å². The molecule has 0 fully saturated rings. The number of anilines is 1. The van der Waals surface area contributed by atoms with Gasteiger partial charge in [0.05, 0.1) is 24.8 Å². The van der Waals surface area contributed by atoms with E-state index in [0.29, 0.717) is 27.1 Å². The molecule has 4 rings (SSSR count). The van der Waals surface area contributed by atoms with Gasteiger partial charge in [0.2, 0.25) is 0 Å². The monoisotopic (exact) mass is 477 g/mol. The summed E-state index contributed by atoms with van der Waals surface area (Å²) in [5.74, 6) is 0.790. The minimum atomic E-state index is -2.72. The van der Waals surface area contributed by atoms with Gasteiger partial charge in [0.25, 0.3) is 5.91 Å². The Morgan fingerprint density at radius 1 is 1.19 bits per heavy atom. The Balaban J connectivity index is 1.54. The lowest BCUT2D eigenvalue weighted by Gasteiger charge is -2.08. The summed E-state index contributed by atoms with van der Waals surface area (Å²) < 4.78 is 37.6. The summed E-state index contributed by atoms with van der Waals surface area (Å²) in [7, 11) is 3.09. The van der Waals surface area contributed by atoms with E-state index in [1.807, 2.05) is 6.07 Å². The molecule has 0 aliphatic carbocycles. The quantitative estimate of drug-likeness (QED) is 0.398. The number of hydrogen-bond acceptors (Lipinski definition) is 8. The highest BCUT2D eigenvalue weighted by Gasteiger charge is 2.20. The van der Waals surface area contributed by atoms with Gasteiger partial charge in [-0.05, 0) is 25.1 Å². The minimum absolute atomic E-state index is 0.0971. The minimum Gasteiger partial charge on any atom is -0.493 e. The van der Waals surface area contributed by atoms with E-state index in [1.54, 1.807) is 38.7 Å². The van der Waals surface area contributed by atoms with E-state index in [4.69, 9.17) is 9.47 Å². The fourth-order valence-electron chi connectivity index (χ4n) is 2.94. The molecule has 0 unspecified atom stereocenters. The van der Waals surface area contributed by atoms with Crippen LogP contribution in [0.25, 0.3) is 21.3 Å². The molecule has 3 aromatic heterocycles. The summed E-state index contributed by atoms with van der Waals surface area (Å²) in [6, 6.07) is 5.36. The topological polar surface area (TPSA) is 91.2 Å². The summed E-state index contributed by atoms with van der Waals surface area (Å²) in [6.07, 6.45) is 2.49. The lowest BCUT2D eigenvalue weighted by molar-refractivity contribution is 0.0720. The molecule has 0 aliphatic heterocycles. The lowest BCUT2D eigenvalue weighted by Crippen LogP contribution is -2.12. The number of aryl methyl sites for hydroxylation is 1. The first kappa shape index (κ1) is 21.8. The number of ether oxygens (including phenoxy) is 2. The van der Waals surface area contributed by atoms with Gasteiger partial charge in [-0.1, -0.05) is 11.3 Å². The molecule has 1 N–H and O–H groups in total. The van der Waals surface area contributed by atoms with E-state index in [1.165, 1.54) is 23.7 Å². The number of rotatable bonds is 7. The summed E-state index contributed by atoms with van der Waals surface area (Å²) >= 11 is 2.37. The molecule has 0 aliphatic rings. The number of benzene rings is 1. The van der Waals surface area contributed by atoms with Crippen LogP contribution < -0.4 is 14.8 Å². The summed E-state index contributed by atoms with van der Waals surface area (Å²) in [6.45, 7) is -1.05. The van der Waals surface area contributed by atoms with Crippen molar-refractivity contribution in [1.29, 1.82) is 0 Å². The number of alkyl halides is 2. The molecule has 0 saturated heterocycles. The third kappa shape index (κ3) is 4.18. The summed E-state index contributed by atoms with van der Waals surface area (Å²) in [5, 5.41) is 5.21.